The van der Waals surface area contributed by atoms with Crippen LogP contribution in [-0.4, -0.2) is 15.1 Å². The molecule has 22 heavy (non-hydrogen) atoms. The highest BCUT2D eigenvalue weighted by molar-refractivity contribution is 5.82. The number of aromatic hydroxyl groups is 1. The van der Waals surface area contributed by atoms with Crippen LogP contribution >= 0.6 is 0 Å². The molecule has 2 N–H and O–H groups in total. The number of imidazole rings is 1. The smallest absolute Gasteiger partial charge is 0.336 e. The van der Waals surface area contributed by atoms with Gasteiger partial charge in [-0.3, -0.25) is 0 Å². The van der Waals surface area contributed by atoms with Crippen molar-refractivity contribution in [2.75, 3.05) is 0 Å². The van der Waals surface area contributed by atoms with Crippen LogP contribution in [0.4, 0.5) is 0 Å². The summed E-state index contributed by atoms with van der Waals surface area (Å²) in [6.07, 6.45) is 0.488. The zero-order valence-corrected chi connectivity index (χ0v) is 11.5. The summed E-state index contributed by atoms with van der Waals surface area (Å²) in [5.74, 6) is 0.845. The lowest BCUT2D eigenvalue weighted by atomic mass is 10.1. The molecule has 4 rings (SSSR count). The van der Waals surface area contributed by atoms with Gasteiger partial charge < -0.3 is 14.5 Å². The van der Waals surface area contributed by atoms with Gasteiger partial charge in [-0.25, -0.2) is 9.78 Å². The third-order valence-electron chi connectivity index (χ3n) is 3.61. The Labute approximate surface area is 124 Å². The van der Waals surface area contributed by atoms with Crippen LogP contribution in [0.1, 0.15) is 11.4 Å². The van der Waals surface area contributed by atoms with Crippen LogP contribution in [-0.2, 0) is 6.42 Å². The molecule has 0 spiro atoms. The van der Waals surface area contributed by atoms with Crippen molar-refractivity contribution in [2.45, 2.75) is 6.42 Å². The average Bonchev–Trinajstić information content (AvgIpc) is 2.88. The minimum atomic E-state index is -0.441. The molecule has 2 heterocycles. The molecule has 0 fully saturated rings. The Kier molecular flexibility index (Phi) is 2.72. The minimum absolute atomic E-state index is 0.0662. The number of nitrogens with one attached hydrogen (secondary N) is 1. The van der Waals surface area contributed by atoms with Gasteiger partial charge >= 0.3 is 5.63 Å². The van der Waals surface area contributed by atoms with Gasteiger partial charge in [0.15, 0.2) is 0 Å². The van der Waals surface area contributed by atoms with Gasteiger partial charge in [-0.2, -0.15) is 0 Å². The molecule has 0 saturated carbocycles. The standard InChI is InChI=1S/C17H12N2O3/c20-11-5-6-12-10(8-17(21)22-15(12)9-11)7-16-18-13-3-1-2-4-14(13)19-16/h1-6,8-9,20H,7H2,(H,18,19). The van der Waals surface area contributed by atoms with Crippen molar-refractivity contribution in [3.8, 4) is 5.75 Å². The maximum Gasteiger partial charge on any atom is 0.336 e. The summed E-state index contributed by atoms with van der Waals surface area (Å²) in [5.41, 5.74) is 2.60. The highest BCUT2D eigenvalue weighted by Gasteiger charge is 2.10. The third kappa shape index (κ3) is 2.13. The lowest BCUT2D eigenvalue weighted by molar-refractivity contribution is 0.473. The molecule has 5 nitrogen and oxygen atoms in total. The molecule has 5 heteroatoms. The van der Waals surface area contributed by atoms with Crippen molar-refractivity contribution >= 4 is 22.0 Å². The zero-order valence-electron chi connectivity index (χ0n) is 11.5. The van der Waals surface area contributed by atoms with Crippen LogP contribution in [0.5, 0.6) is 5.75 Å². The first-order chi connectivity index (χ1) is 10.7. The second-order valence-electron chi connectivity index (χ2n) is 5.15. The number of hydrogen-bond acceptors (Lipinski definition) is 4. The molecule has 0 amide bonds. The summed E-state index contributed by atoms with van der Waals surface area (Å²) in [4.78, 5) is 19.5. The molecule has 0 aliphatic rings. The highest BCUT2D eigenvalue weighted by Crippen LogP contribution is 2.23. The van der Waals surface area contributed by atoms with Crippen LogP contribution < -0.4 is 5.63 Å². The number of nitrogens with zero attached hydrogens (tertiary/aromatic N) is 1. The van der Waals surface area contributed by atoms with E-state index in [-0.39, 0.29) is 5.75 Å². The highest BCUT2D eigenvalue weighted by atomic mass is 16.4. The maximum absolute atomic E-state index is 11.7. The van der Waals surface area contributed by atoms with Crippen molar-refractivity contribution in [3.05, 3.63) is 70.3 Å². The Hall–Kier alpha value is -3.08. The third-order valence-corrected chi connectivity index (χ3v) is 3.61. The van der Waals surface area contributed by atoms with Gasteiger partial charge in [0.05, 0.1) is 11.0 Å². The molecular weight excluding hydrogens is 280 g/mol. The fourth-order valence-corrected chi connectivity index (χ4v) is 2.63. The van der Waals surface area contributed by atoms with Gasteiger partial charge in [-0.15, -0.1) is 0 Å². The van der Waals surface area contributed by atoms with E-state index in [1.807, 2.05) is 24.3 Å². The fraction of sp³-hybridized carbons (Fsp3) is 0.0588. The van der Waals surface area contributed by atoms with E-state index in [0.717, 1.165) is 27.8 Å². The van der Waals surface area contributed by atoms with E-state index >= 15 is 0 Å². The van der Waals surface area contributed by atoms with Crippen LogP contribution in [0.25, 0.3) is 22.0 Å². The molecular formula is C17H12N2O3. The number of H-pyrrole nitrogens is 1. The second kappa shape index (κ2) is 4.73. The molecule has 0 atom stereocenters. The number of benzene rings is 2. The SMILES string of the molecule is O=c1cc(Cc2nc3ccccc3[nH]2)c2ccc(O)cc2o1. The summed E-state index contributed by atoms with van der Waals surface area (Å²) < 4.78 is 5.13. The predicted octanol–water partition coefficient (Wildman–Crippen LogP) is 2.97. The normalized spacial score (nSPS) is 11.3. The van der Waals surface area contributed by atoms with Gasteiger partial charge in [-0.1, -0.05) is 12.1 Å². The first-order valence-corrected chi connectivity index (χ1v) is 6.88. The molecule has 2 aromatic heterocycles. The van der Waals surface area contributed by atoms with Crippen molar-refractivity contribution in [1.82, 2.24) is 9.97 Å². The average molecular weight is 292 g/mol. The number of aromatic amines is 1. The van der Waals surface area contributed by atoms with E-state index in [0.29, 0.717) is 12.0 Å². The Morgan fingerprint density at radius 1 is 1.14 bits per heavy atom. The van der Waals surface area contributed by atoms with Crippen LogP contribution in [0.3, 0.4) is 0 Å². The number of rotatable bonds is 2. The Bertz CT molecular complexity index is 1010. The molecule has 0 saturated heterocycles. The molecule has 0 unspecified atom stereocenters. The van der Waals surface area contributed by atoms with Gasteiger partial charge in [0.2, 0.25) is 0 Å². The van der Waals surface area contributed by atoms with Crippen LogP contribution in [0.2, 0.25) is 0 Å². The largest absolute Gasteiger partial charge is 0.508 e. The lowest BCUT2D eigenvalue weighted by Crippen LogP contribution is -2.02. The van der Waals surface area contributed by atoms with Crippen LogP contribution in [0.15, 0.2) is 57.7 Å². The molecule has 108 valence electrons. The number of phenolic OH excluding ortho intramolecular Hbond substituents is 1. The van der Waals surface area contributed by atoms with E-state index in [9.17, 15) is 9.90 Å². The van der Waals surface area contributed by atoms with E-state index in [1.165, 1.54) is 12.1 Å². The summed E-state index contributed by atoms with van der Waals surface area (Å²) in [6.45, 7) is 0. The second-order valence-corrected chi connectivity index (χ2v) is 5.15. The number of para-hydroxylation sites is 2. The van der Waals surface area contributed by atoms with Crippen molar-refractivity contribution < 1.29 is 9.52 Å². The van der Waals surface area contributed by atoms with Crippen molar-refractivity contribution in [2.24, 2.45) is 0 Å². The first kappa shape index (κ1) is 12.6. The number of aromatic nitrogens is 2. The van der Waals surface area contributed by atoms with Gasteiger partial charge in [0.1, 0.15) is 17.2 Å². The molecule has 2 aromatic carbocycles. The summed E-state index contributed by atoms with van der Waals surface area (Å²) in [7, 11) is 0. The molecule has 0 aliphatic carbocycles. The van der Waals surface area contributed by atoms with E-state index in [1.54, 1.807) is 12.1 Å². The number of fused-ring (bicyclic) bond motifs is 2. The molecule has 0 radical (unpaired) electrons. The lowest BCUT2D eigenvalue weighted by Gasteiger charge is -2.04. The van der Waals surface area contributed by atoms with Crippen LogP contribution in [0, 0.1) is 0 Å². The Morgan fingerprint density at radius 2 is 2.00 bits per heavy atom. The summed E-state index contributed by atoms with van der Waals surface area (Å²) >= 11 is 0. The van der Waals surface area contributed by atoms with E-state index in [4.69, 9.17) is 4.42 Å². The van der Waals surface area contributed by atoms with E-state index in [2.05, 4.69) is 9.97 Å². The minimum Gasteiger partial charge on any atom is -0.508 e. The summed E-state index contributed by atoms with van der Waals surface area (Å²) in [6, 6.07) is 14.0. The summed E-state index contributed by atoms with van der Waals surface area (Å²) in [5, 5.41) is 10.3. The predicted molar refractivity (Wildman–Crippen MR) is 83.0 cm³/mol. The van der Waals surface area contributed by atoms with Gasteiger partial charge in [0.25, 0.3) is 0 Å². The number of phenols is 1. The Balaban J connectivity index is 1.85. The fourth-order valence-electron chi connectivity index (χ4n) is 2.63. The van der Waals surface area contributed by atoms with Gasteiger partial charge in [-0.05, 0) is 29.8 Å². The molecule has 4 aromatic rings. The van der Waals surface area contributed by atoms with Crippen molar-refractivity contribution in [3.63, 3.8) is 0 Å². The number of hydrogen-bond donors (Lipinski definition) is 2. The monoisotopic (exact) mass is 292 g/mol. The maximum atomic E-state index is 11.7. The first-order valence-electron chi connectivity index (χ1n) is 6.88. The quantitative estimate of drug-likeness (QED) is 0.557. The molecule has 0 bridgehead atoms. The Morgan fingerprint density at radius 3 is 2.86 bits per heavy atom. The zero-order chi connectivity index (χ0) is 15.1. The van der Waals surface area contributed by atoms with Crippen molar-refractivity contribution in [1.29, 1.82) is 0 Å². The molecule has 0 aliphatic heterocycles. The van der Waals surface area contributed by atoms with E-state index < -0.39 is 5.63 Å². The topological polar surface area (TPSA) is 79.1 Å². The van der Waals surface area contributed by atoms with Gasteiger partial charge in [0, 0.05) is 23.9 Å².